The molecule has 2 unspecified atom stereocenters. The molecule has 0 aromatic carbocycles. The minimum atomic E-state index is -0.697. The second kappa shape index (κ2) is 6.99. The van der Waals surface area contributed by atoms with E-state index in [1.165, 1.54) is 5.57 Å². The molecular weight excluding hydrogens is 422 g/mol. The van der Waals surface area contributed by atoms with Crippen molar-refractivity contribution in [3.05, 3.63) is 11.6 Å². The summed E-state index contributed by atoms with van der Waals surface area (Å²) in [5.41, 5.74) is 7.21. The zero-order valence-corrected chi connectivity index (χ0v) is 22.6. The lowest BCUT2D eigenvalue weighted by molar-refractivity contribution is -0.188. The van der Waals surface area contributed by atoms with Crippen LogP contribution in [0, 0.1) is 50.2 Å². The molecule has 0 spiro atoms. The van der Waals surface area contributed by atoms with Crippen LogP contribution in [0.3, 0.4) is 0 Å². The number of hydrogen-bond donors (Lipinski definition) is 2. The van der Waals surface area contributed by atoms with E-state index in [9.17, 15) is 14.7 Å². The van der Waals surface area contributed by atoms with Crippen LogP contribution in [-0.4, -0.2) is 22.9 Å². The van der Waals surface area contributed by atoms with Gasteiger partial charge in [0.2, 0.25) is 0 Å². The van der Waals surface area contributed by atoms with Gasteiger partial charge in [-0.1, -0.05) is 47.1 Å². The quantitative estimate of drug-likeness (QED) is 0.467. The molecule has 0 amide bonds. The van der Waals surface area contributed by atoms with Gasteiger partial charge in [0.1, 0.15) is 0 Å². The summed E-state index contributed by atoms with van der Waals surface area (Å²) in [5.74, 6) is 0.313. The first-order valence-electron chi connectivity index (χ1n) is 13.8. The van der Waals surface area contributed by atoms with E-state index in [1.807, 2.05) is 6.92 Å². The van der Waals surface area contributed by atoms with Gasteiger partial charge in [0.25, 0.3) is 0 Å². The molecule has 4 saturated carbocycles. The summed E-state index contributed by atoms with van der Waals surface area (Å²) in [6.07, 6.45) is 10.9. The molecule has 0 aromatic heterocycles. The van der Waals surface area contributed by atoms with Gasteiger partial charge < -0.3 is 10.8 Å². The number of carbonyl (C=O) groups is 2. The number of carbonyl (C=O) groups excluding carboxylic acids is 1. The molecule has 0 bridgehead atoms. The Hall–Kier alpha value is -1.16. The van der Waals surface area contributed by atoms with Crippen molar-refractivity contribution in [1.29, 1.82) is 0 Å². The van der Waals surface area contributed by atoms with E-state index in [-0.39, 0.29) is 45.0 Å². The number of ketones is 1. The Kier molecular flexibility index (Phi) is 5.04. The molecule has 3 N–H and O–H groups in total. The average Bonchev–Trinajstić information content (AvgIpc) is 2.73. The van der Waals surface area contributed by atoms with Gasteiger partial charge in [-0.3, -0.25) is 9.59 Å². The fourth-order valence-corrected chi connectivity index (χ4v) is 10.4. The molecule has 4 nitrogen and oxygen atoms in total. The molecule has 9 atom stereocenters. The predicted octanol–water partition coefficient (Wildman–Crippen LogP) is 6.38. The third-order valence-electron chi connectivity index (χ3n) is 13.2. The van der Waals surface area contributed by atoms with Crippen molar-refractivity contribution >= 4 is 11.8 Å². The van der Waals surface area contributed by atoms with Crippen molar-refractivity contribution < 1.29 is 14.7 Å². The minimum absolute atomic E-state index is 0.0260. The third-order valence-corrected chi connectivity index (χ3v) is 13.2. The van der Waals surface area contributed by atoms with Crippen LogP contribution in [-0.2, 0) is 9.59 Å². The van der Waals surface area contributed by atoms with E-state index in [2.05, 4.69) is 47.6 Å². The molecule has 0 radical (unpaired) electrons. The molecule has 5 aliphatic rings. The van der Waals surface area contributed by atoms with Crippen molar-refractivity contribution in [2.24, 2.45) is 56.0 Å². The summed E-state index contributed by atoms with van der Waals surface area (Å²) >= 11 is 0. The van der Waals surface area contributed by atoms with E-state index < -0.39 is 11.4 Å². The Morgan fingerprint density at radius 3 is 2.24 bits per heavy atom. The number of rotatable bonds is 1. The first-order chi connectivity index (χ1) is 15.6. The summed E-state index contributed by atoms with van der Waals surface area (Å²) in [6.45, 7) is 16.2. The van der Waals surface area contributed by atoms with Crippen molar-refractivity contribution in [3.63, 3.8) is 0 Å². The van der Waals surface area contributed by atoms with Crippen LogP contribution in [0.5, 0.6) is 0 Å². The first-order valence-corrected chi connectivity index (χ1v) is 13.8. The number of nitrogens with two attached hydrogens (primary N) is 1. The van der Waals surface area contributed by atoms with Gasteiger partial charge in [-0.2, -0.15) is 0 Å². The van der Waals surface area contributed by atoms with E-state index in [1.54, 1.807) is 0 Å². The molecule has 5 aliphatic carbocycles. The number of carboxylic acids is 1. The zero-order chi connectivity index (χ0) is 25.1. The molecule has 34 heavy (non-hydrogen) atoms. The second-order valence-electron chi connectivity index (χ2n) is 15.0. The normalized spacial score (nSPS) is 54.1. The highest BCUT2D eigenvalue weighted by Gasteiger charge is 2.70. The second-order valence-corrected chi connectivity index (χ2v) is 15.0. The summed E-state index contributed by atoms with van der Waals surface area (Å²) < 4.78 is 0. The Balaban J connectivity index is 1.62. The molecule has 190 valence electrons. The molecular formula is C30H47NO3. The number of fused-ring (bicyclic) bond motifs is 7. The lowest BCUT2D eigenvalue weighted by Gasteiger charge is -2.70. The van der Waals surface area contributed by atoms with Crippen LogP contribution in [0.1, 0.15) is 106 Å². The maximum absolute atomic E-state index is 14.2. The van der Waals surface area contributed by atoms with Crippen molar-refractivity contribution in [1.82, 2.24) is 0 Å². The average molecular weight is 470 g/mol. The van der Waals surface area contributed by atoms with E-state index >= 15 is 0 Å². The standard InChI is InChI=1S/C30H47NO3/c1-25(2)21-8-11-30(7)23(28(21,5)10-9-22(25)31)20(32)16-18-19-17-27(4,24(33)34)13-12-26(19,3)14-15-29(18,30)6/h16,19,21-23H,8-15,17,31H2,1-7H3,(H,33,34)/t19?,21-,22?,23+,26+,27-,28-,29+,30+/m0/s1. The number of allylic oxidation sites excluding steroid dienone is 2. The van der Waals surface area contributed by atoms with E-state index in [0.29, 0.717) is 18.1 Å². The molecule has 4 heteroatoms. The Morgan fingerprint density at radius 2 is 1.59 bits per heavy atom. The first kappa shape index (κ1) is 24.5. The van der Waals surface area contributed by atoms with Gasteiger partial charge in [0.05, 0.1) is 5.41 Å². The Morgan fingerprint density at radius 1 is 0.941 bits per heavy atom. The van der Waals surface area contributed by atoms with Crippen molar-refractivity contribution in [3.8, 4) is 0 Å². The molecule has 0 heterocycles. The fraction of sp³-hybridized carbons (Fsp3) is 0.867. The van der Waals surface area contributed by atoms with Gasteiger partial charge in [0, 0.05) is 12.0 Å². The van der Waals surface area contributed by atoms with E-state index in [0.717, 1.165) is 51.4 Å². The molecule has 4 fully saturated rings. The Labute approximate surface area is 206 Å². The Bertz CT molecular complexity index is 968. The number of aliphatic carboxylic acids is 1. The van der Waals surface area contributed by atoms with Gasteiger partial charge in [-0.15, -0.1) is 0 Å². The summed E-state index contributed by atoms with van der Waals surface area (Å²) in [7, 11) is 0. The van der Waals surface area contributed by atoms with Crippen LogP contribution < -0.4 is 5.73 Å². The number of hydrogen-bond acceptors (Lipinski definition) is 3. The molecule has 0 aliphatic heterocycles. The lowest BCUT2D eigenvalue weighted by atomic mass is 9.33. The summed E-state index contributed by atoms with van der Waals surface area (Å²) in [5, 5.41) is 10.1. The smallest absolute Gasteiger partial charge is 0.309 e. The van der Waals surface area contributed by atoms with E-state index in [4.69, 9.17) is 5.73 Å². The van der Waals surface area contributed by atoms with Gasteiger partial charge in [-0.05, 0) is 110 Å². The zero-order valence-electron chi connectivity index (χ0n) is 22.6. The maximum atomic E-state index is 14.2. The SMILES string of the molecule is CC1(C)C(N)CC[C@]2(C)[C@H]3C(=O)C=C4C5C[C@@](C)(C(=O)O)CC[C@]5(C)CC[C@@]4(C)[C@]3(C)CC[C@@H]12. The maximum Gasteiger partial charge on any atom is 0.309 e. The van der Waals surface area contributed by atoms with Crippen LogP contribution in [0.4, 0.5) is 0 Å². The summed E-state index contributed by atoms with van der Waals surface area (Å²) in [6, 6.07) is 0.196. The highest BCUT2D eigenvalue weighted by molar-refractivity contribution is 5.95. The highest BCUT2D eigenvalue weighted by atomic mass is 16.4. The largest absolute Gasteiger partial charge is 0.481 e. The van der Waals surface area contributed by atoms with Gasteiger partial charge >= 0.3 is 5.97 Å². The van der Waals surface area contributed by atoms with Gasteiger partial charge in [-0.25, -0.2) is 0 Å². The minimum Gasteiger partial charge on any atom is -0.481 e. The van der Waals surface area contributed by atoms with Crippen molar-refractivity contribution in [2.75, 3.05) is 0 Å². The predicted molar refractivity (Wildman–Crippen MR) is 135 cm³/mol. The molecule has 0 saturated heterocycles. The molecule has 5 rings (SSSR count). The number of carboxylic acid groups (broad SMARTS) is 1. The highest BCUT2D eigenvalue weighted by Crippen LogP contribution is 2.75. The topological polar surface area (TPSA) is 80.4 Å². The van der Waals surface area contributed by atoms with Crippen LogP contribution in [0.2, 0.25) is 0 Å². The summed E-state index contributed by atoms with van der Waals surface area (Å²) in [4.78, 5) is 26.5. The van der Waals surface area contributed by atoms with Crippen LogP contribution >= 0.6 is 0 Å². The van der Waals surface area contributed by atoms with Gasteiger partial charge in [0.15, 0.2) is 5.78 Å². The van der Waals surface area contributed by atoms with Crippen LogP contribution in [0.15, 0.2) is 11.6 Å². The third kappa shape index (κ3) is 2.81. The lowest BCUT2D eigenvalue weighted by Crippen LogP contribution is -2.67. The van der Waals surface area contributed by atoms with Crippen molar-refractivity contribution in [2.45, 2.75) is 112 Å². The molecule has 0 aromatic rings. The monoisotopic (exact) mass is 469 g/mol. The fourth-order valence-electron chi connectivity index (χ4n) is 10.4. The van der Waals surface area contributed by atoms with Crippen LogP contribution in [0.25, 0.3) is 0 Å².